The number of aromatic nitrogens is 2. The first-order chi connectivity index (χ1) is 14.7. The number of rotatable bonds is 5. The van der Waals surface area contributed by atoms with Crippen molar-refractivity contribution in [2.45, 2.75) is 33.6 Å². The van der Waals surface area contributed by atoms with Crippen LogP contribution in [0, 0.1) is 25.2 Å². The molecule has 0 bridgehead atoms. The van der Waals surface area contributed by atoms with Crippen LogP contribution >= 0.6 is 0 Å². The summed E-state index contributed by atoms with van der Waals surface area (Å²) in [4.78, 5) is 24.9. The first-order valence-electron chi connectivity index (χ1n) is 9.89. The number of nitrogens with zero attached hydrogens (tertiary/aromatic N) is 3. The average molecular weight is 413 g/mol. The average Bonchev–Trinajstić information content (AvgIpc) is 2.74. The fourth-order valence-electron chi connectivity index (χ4n) is 3.17. The number of hydrogen-bond acceptors (Lipinski definition) is 4. The highest BCUT2D eigenvalue weighted by atomic mass is 16.4. The molecule has 2 aromatic carbocycles. The topological polar surface area (TPSA) is 96.0 Å². The van der Waals surface area contributed by atoms with Gasteiger partial charge in [-0.15, -0.1) is 0 Å². The molecule has 1 aromatic heterocycles. The van der Waals surface area contributed by atoms with E-state index in [0.29, 0.717) is 11.6 Å². The van der Waals surface area contributed by atoms with Crippen LogP contribution < -0.4 is 5.56 Å². The van der Waals surface area contributed by atoms with Crippen molar-refractivity contribution in [1.82, 2.24) is 9.78 Å². The molecule has 0 aliphatic rings. The zero-order valence-electron chi connectivity index (χ0n) is 17.9. The molecule has 6 nitrogen and oxygen atoms in total. The second kappa shape index (κ2) is 8.80. The van der Waals surface area contributed by atoms with Crippen LogP contribution in [0.15, 0.2) is 47.3 Å². The summed E-state index contributed by atoms with van der Waals surface area (Å²) in [5.74, 6) is -0.923. The molecule has 0 atom stereocenters. The lowest BCUT2D eigenvalue weighted by Gasteiger charge is -2.11. The second-order valence-corrected chi connectivity index (χ2v) is 7.69. The summed E-state index contributed by atoms with van der Waals surface area (Å²) < 4.78 is 0.975. The molecule has 6 heteroatoms. The van der Waals surface area contributed by atoms with E-state index < -0.39 is 11.5 Å². The van der Waals surface area contributed by atoms with Crippen molar-refractivity contribution in [2.75, 3.05) is 0 Å². The quantitative estimate of drug-likeness (QED) is 0.653. The minimum Gasteiger partial charge on any atom is -0.476 e. The molecule has 156 valence electrons. The number of hydrogen-bond donors (Lipinski definition) is 1. The zero-order chi connectivity index (χ0) is 22.7. The second-order valence-electron chi connectivity index (χ2n) is 7.69. The third kappa shape index (κ3) is 4.46. The number of benzene rings is 2. The Labute approximate surface area is 180 Å². The number of aromatic carboxylic acids is 1. The van der Waals surface area contributed by atoms with Gasteiger partial charge in [-0.1, -0.05) is 56.3 Å². The zero-order valence-corrected chi connectivity index (χ0v) is 17.9. The molecule has 3 rings (SSSR count). The fourth-order valence-corrected chi connectivity index (χ4v) is 3.17. The molecular weight excluding hydrogens is 390 g/mol. The molecule has 0 amide bonds. The van der Waals surface area contributed by atoms with Gasteiger partial charge in [0.2, 0.25) is 0 Å². The maximum absolute atomic E-state index is 13.0. The van der Waals surface area contributed by atoms with Crippen LogP contribution in [-0.2, 0) is 0 Å². The molecule has 0 aliphatic carbocycles. The van der Waals surface area contributed by atoms with Gasteiger partial charge in [0, 0.05) is 5.56 Å². The third-order valence-corrected chi connectivity index (χ3v) is 5.23. The number of aryl methyl sites for hydroxylation is 2. The van der Waals surface area contributed by atoms with Gasteiger partial charge in [-0.05, 0) is 54.2 Å². The first-order valence-corrected chi connectivity index (χ1v) is 9.89. The molecule has 0 saturated heterocycles. The molecule has 1 N–H and O–H groups in total. The van der Waals surface area contributed by atoms with Crippen molar-refractivity contribution >= 4 is 18.1 Å². The number of carboxylic acid groups (broad SMARTS) is 1. The standard InChI is InChI=1S/C25H23N3O3/c1-15(2)19-9-6-18(7-10-19)8-12-21-22(14-26)24(29)28(27-23(21)25(30)31)20-11-5-16(3)17(4)13-20/h5-13,15H,1-4H3,(H,30,31)/b12-8-. The van der Waals surface area contributed by atoms with E-state index in [4.69, 9.17) is 0 Å². The highest BCUT2D eigenvalue weighted by Crippen LogP contribution is 2.19. The minimum absolute atomic E-state index is 0.00646. The van der Waals surface area contributed by atoms with Crippen molar-refractivity contribution in [3.63, 3.8) is 0 Å². The summed E-state index contributed by atoms with van der Waals surface area (Å²) in [6, 6.07) is 14.9. The van der Waals surface area contributed by atoms with Crippen LogP contribution in [0.4, 0.5) is 0 Å². The van der Waals surface area contributed by atoms with Gasteiger partial charge in [-0.3, -0.25) is 4.79 Å². The molecule has 0 fully saturated rings. The monoisotopic (exact) mass is 413 g/mol. The lowest BCUT2D eigenvalue weighted by Crippen LogP contribution is -2.28. The van der Waals surface area contributed by atoms with Crippen molar-refractivity contribution in [3.05, 3.63) is 91.9 Å². The van der Waals surface area contributed by atoms with Gasteiger partial charge in [0.05, 0.1) is 5.69 Å². The van der Waals surface area contributed by atoms with Crippen LogP contribution in [-0.4, -0.2) is 20.9 Å². The molecular formula is C25H23N3O3. The number of nitriles is 1. The Bertz CT molecular complexity index is 1280. The Hall–Kier alpha value is -3.98. The van der Waals surface area contributed by atoms with E-state index in [1.807, 2.05) is 50.2 Å². The lowest BCUT2D eigenvalue weighted by atomic mass is 10.0. The third-order valence-electron chi connectivity index (χ3n) is 5.23. The maximum Gasteiger partial charge on any atom is 0.357 e. The van der Waals surface area contributed by atoms with E-state index in [1.165, 1.54) is 11.6 Å². The van der Waals surface area contributed by atoms with Gasteiger partial charge in [0.1, 0.15) is 11.6 Å². The van der Waals surface area contributed by atoms with Crippen molar-refractivity contribution in [3.8, 4) is 11.8 Å². The smallest absolute Gasteiger partial charge is 0.357 e. The number of carboxylic acids is 1. The van der Waals surface area contributed by atoms with E-state index in [9.17, 15) is 20.0 Å². The number of carbonyl (C=O) groups is 1. The summed E-state index contributed by atoms with van der Waals surface area (Å²) in [7, 11) is 0. The predicted octanol–water partition coefficient (Wildman–Crippen LogP) is 4.71. The molecule has 0 spiro atoms. The molecule has 0 aliphatic heterocycles. The van der Waals surface area contributed by atoms with Gasteiger partial charge in [0.25, 0.3) is 5.56 Å². The highest BCUT2D eigenvalue weighted by Gasteiger charge is 2.21. The summed E-state index contributed by atoms with van der Waals surface area (Å²) in [5, 5.41) is 23.4. The maximum atomic E-state index is 13.0. The van der Waals surface area contributed by atoms with Crippen LogP contribution in [0.1, 0.15) is 63.6 Å². The van der Waals surface area contributed by atoms with Gasteiger partial charge < -0.3 is 5.11 Å². The summed E-state index contributed by atoms with van der Waals surface area (Å²) in [5.41, 5.74) is 3.08. The van der Waals surface area contributed by atoms with Crippen LogP contribution in [0.5, 0.6) is 0 Å². The molecule has 1 heterocycles. The van der Waals surface area contributed by atoms with E-state index in [-0.39, 0.29) is 16.8 Å². The van der Waals surface area contributed by atoms with Gasteiger partial charge >= 0.3 is 5.97 Å². The molecule has 0 saturated carbocycles. The normalized spacial score (nSPS) is 11.1. The molecule has 31 heavy (non-hydrogen) atoms. The summed E-state index contributed by atoms with van der Waals surface area (Å²) in [6.07, 6.45) is 3.14. The van der Waals surface area contributed by atoms with E-state index in [0.717, 1.165) is 21.4 Å². The van der Waals surface area contributed by atoms with E-state index in [1.54, 1.807) is 18.2 Å². The largest absolute Gasteiger partial charge is 0.476 e. The van der Waals surface area contributed by atoms with E-state index >= 15 is 0 Å². The first kappa shape index (κ1) is 21.7. The highest BCUT2D eigenvalue weighted by molar-refractivity contribution is 5.92. The Morgan fingerprint density at radius 2 is 1.77 bits per heavy atom. The molecule has 0 radical (unpaired) electrons. The van der Waals surface area contributed by atoms with Crippen molar-refractivity contribution in [1.29, 1.82) is 5.26 Å². The van der Waals surface area contributed by atoms with Crippen molar-refractivity contribution in [2.24, 2.45) is 0 Å². The SMILES string of the molecule is Cc1ccc(-n2nc(C(=O)O)c(/C=C\c3ccc(C(C)C)cc3)c(C#N)c2=O)cc1C. The van der Waals surface area contributed by atoms with Gasteiger partial charge in [-0.2, -0.15) is 15.0 Å². The Morgan fingerprint density at radius 3 is 2.32 bits per heavy atom. The van der Waals surface area contributed by atoms with Crippen LogP contribution in [0.25, 0.3) is 17.8 Å². The van der Waals surface area contributed by atoms with Crippen LogP contribution in [0.2, 0.25) is 0 Å². The summed E-state index contributed by atoms with van der Waals surface area (Å²) in [6.45, 7) is 8.01. The Balaban J connectivity index is 2.15. The Morgan fingerprint density at radius 1 is 1.10 bits per heavy atom. The van der Waals surface area contributed by atoms with Crippen LogP contribution in [0.3, 0.4) is 0 Å². The predicted molar refractivity (Wildman–Crippen MR) is 120 cm³/mol. The molecule has 3 aromatic rings. The van der Waals surface area contributed by atoms with Crippen molar-refractivity contribution < 1.29 is 9.90 Å². The lowest BCUT2D eigenvalue weighted by molar-refractivity contribution is 0.0688. The van der Waals surface area contributed by atoms with Gasteiger partial charge in [-0.25, -0.2) is 4.79 Å². The van der Waals surface area contributed by atoms with E-state index in [2.05, 4.69) is 18.9 Å². The Kier molecular flexibility index (Phi) is 6.17. The molecule has 0 unspecified atom stereocenters. The fraction of sp³-hybridized carbons (Fsp3) is 0.200. The minimum atomic E-state index is -1.32. The summed E-state index contributed by atoms with van der Waals surface area (Å²) >= 11 is 0. The van der Waals surface area contributed by atoms with Gasteiger partial charge in [0.15, 0.2) is 5.69 Å².